The van der Waals surface area contributed by atoms with E-state index in [0.717, 1.165) is 49.1 Å². The second-order valence-corrected chi connectivity index (χ2v) is 10.7. The van der Waals surface area contributed by atoms with Gasteiger partial charge in [-0.3, -0.25) is 14.4 Å². The minimum atomic E-state index is -0.344. The van der Waals surface area contributed by atoms with Crippen molar-refractivity contribution in [1.29, 1.82) is 0 Å². The van der Waals surface area contributed by atoms with Crippen LogP contribution in [0.4, 0.5) is 11.5 Å². The predicted octanol–water partition coefficient (Wildman–Crippen LogP) is 5.84. The number of carbonyl (C=O) groups excluding carboxylic acids is 3. The molecule has 1 aliphatic carbocycles. The Morgan fingerprint density at radius 1 is 1.03 bits per heavy atom. The van der Waals surface area contributed by atoms with E-state index in [1.165, 1.54) is 17.5 Å². The van der Waals surface area contributed by atoms with E-state index in [-0.39, 0.29) is 29.7 Å². The van der Waals surface area contributed by atoms with Crippen molar-refractivity contribution in [3.63, 3.8) is 0 Å². The van der Waals surface area contributed by atoms with E-state index < -0.39 is 0 Å². The lowest BCUT2D eigenvalue weighted by atomic mass is 9.84. The first-order valence-electron chi connectivity index (χ1n) is 12.2. The van der Waals surface area contributed by atoms with Crippen LogP contribution in [0.25, 0.3) is 10.4 Å². The van der Waals surface area contributed by atoms with Gasteiger partial charge in [0.15, 0.2) is 0 Å². The fraction of sp³-hybridized carbons (Fsp3) is 0.333. The number of nitrogens with one attached hydrogen (secondary N) is 2. The zero-order valence-corrected chi connectivity index (χ0v) is 21.3. The van der Waals surface area contributed by atoms with Crippen LogP contribution in [0.15, 0.2) is 54.7 Å². The highest BCUT2D eigenvalue weighted by molar-refractivity contribution is 7.18. The first-order chi connectivity index (χ1) is 17.5. The minimum Gasteiger partial charge on any atom is -0.340 e. The number of halogens is 1. The molecule has 0 bridgehead atoms. The van der Waals surface area contributed by atoms with Crippen LogP contribution in [-0.4, -0.2) is 40.2 Å². The van der Waals surface area contributed by atoms with Crippen LogP contribution in [0, 0.1) is 5.92 Å². The molecule has 5 rings (SSSR count). The molecule has 1 saturated heterocycles. The van der Waals surface area contributed by atoms with Gasteiger partial charge in [-0.05, 0) is 55.9 Å². The molecule has 3 aromatic rings. The molecular formula is C27H27ClN4O3S. The molecule has 3 amide bonds. The molecule has 1 saturated carbocycles. The van der Waals surface area contributed by atoms with Crippen molar-refractivity contribution in [3.8, 4) is 10.4 Å². The molecule has 0 atom stereocenters. The molecule has 9 heteroatoms. The van der Waals surface area contributed by atoms with E-state index in [1.54, 1.807) is 12.1 Å². The van der Waals surface area contributed by atoms with Crippen molar-refractivity contribution in [3.05, 3.63) is 64.6 Å². The van der Waals surface area contributed by atoms with Gasteiger partial charge >= 0.3 is 0 Å². The van der Waals surface area contributed by atoms with Crippen LogP contribution < -0.4 is 10.6 Å². The highest BCUT2D eigenvalue weighted by Crippen LogP contribution is 2.37. The van der Waals surface area contributed by atoms with Gasteiger partial charge in [0.1, 0.15) is 10.7 Å². The zero-order chi connectivity index (χ0) is 25.1. The Kier molecular flexibility index (Phi) is 7.34. The van der Waals surface area contributed by atoms with Gasteiger partial charge in [-0.2, -0.15) is 0 Å². The Labute approximate surface area is 218 Å². The van der Waals surface area contributed by atoms with E-state index in [9.17, 15) is 14.4 Å². The fourth-order valence-electron chi connectivity index (χ4n) is 4.96. The number of benzene rings is 1. The molecule has 1 aliphatic heterocycles. The number of hydrogen-bond donors (Lipinski definition) is 2. The van der Waals surface area contributed by atoms with Gasteiger partial charge in [0.2, 0.25) is 11.8 Å². The third-order valence-corrected chi connectivity index (χ3v) is 8.25. The Morgan fingerprint density at radius 2 is 1.81 bits per heavy atom. The Morgan fingerprint density at radius 3 is 2.47 bits per heavy atom. The lowest BCUT2D eigenvalue weighted by Gasteiger charge is -2.34. The van der Waals surface area contributed by atoms with Crippen LogP contribution in [0.2, 0.25) is 5.02 Å². The summed E-state index contributed by atoms with van der Waals surface area (Å²) in [5.41, 5.74) is 1.46. The number of thiophene rings is 1. The normalized spacial score (nSPS) is 19.8. The first-order valence-corrected chi connectivity index (χ1v) is 13.4. The maximum absolute atomic E-state index is 13.2. The predicted molar refractivity (Wildman–Crippen MR) is 142 cm³/mol. The van der Waals surface area contributed by atoms with Gasteiger partial charge in [-0.25, -0.2) is 4.98 Å². The van der Waals surface area contributed by atoms with Crippen LogP contribution in [-0.2, 0) is 9.59 Å². The van der Waals surface area contributed by atoms with E-state index in [4.69, 9.17) is 11.6 Å². The van der Waals surface area contributed by atoms with E-state index in [2.05, 4.69) is 15.6 Å². The number of pyridine rings is 1. The molecule has 1 aromatic carbocycles. The highest BCUT2D eigenvalue weighted by atomic mass is 35.5. The lowest BCUT2D eigenvalue weighted by Crippen LogP contribution is -2.40. The van der Waals surface area contributed by atoms with Crippen molar-refractivity contribution in [1.82, 2.24) is 9.88 Å². The summed E-state index contributed by atoms with van der Waals surface area (Å²) in [6.45, 7) is 0.832. The fourth-order valence-corrected chi connectivity index (χ4v) is 6.09. The van der Waals surface area contributed by atoms with Gasteiger partial charge in [0.25, 0.3) is 5.91 Å². The highest BCUT2D eigenvalue weighted by Gasteiger charge is 2.34. The third kappa shape index (κ3) is 5.44. The summed E-state index contributed by atoms with van der Waals surface area (Å²) in [5.74, 6) is 0.0419. The Bertz CT molecular complexity index is 1250. The Balaban J connectivity index is 1.31. The first kappa shape index (κ1) is 24.5. The van der Waals surface area contributed by atoms with E-state index in [0.29, 0.717) is 27.8 Å². The van der Waals surface area contributed by atoms with Gasteiger partial charge in [-0.1, -0.05) is 41.9 Å². The number of rotatable bonds is 6. The molecule has 0 unspecified atom stereocenters. The van der Waals surface area contributed by atoms with Crippen LogP contribution in [0.1, 0.15) is 48.2 Å². The smallest absolute Gasteiger partial charge is 0.269 e. The van der Waals surface area contributed by atoms with E-state index >= 15 is 0 Å². The molecule has 2 aliphatic rings. The average molecular weight is 523 g/mol. The van der Waals surface area contributed by atoms with Gasteiger partial charge in [0, 0.05) is 36.0 Å². The monoisotopic (exact) mass is 522 g/mol. The average Bonchev–Trinajstić information content (AvgIpc) is 3.52. The molecule has 186 valence electrons. The third-order valence-electron chi connectivity index (χ3n) is 6.84. The summed E-state index contributed by atoms with van der Waals surface area (Å²) in [5, 5.41) is 6.30. The van der Waals surface area contributed by atoms with Crippen LogP contribution in [0.5, 0.6) is 0 Å². The summed E-state index contributed by atoms with van der Waals surface area (Å²) in [6, 6.07) is 15.1. The molecule has 3 heterocycles. The molecule has 2 aromatic heterocycles. The summed E-state index contributed by atoms with van der Waals surface area (Å²) in [4.78, 5) is 45.9. The molecule has 0 spiro atoms. The number of anilines is 2. The second kappa shape index (κ2) is 10.8. The lowest BCUT2D eigenvalue weighted by molar-refractivity contribution is -0.130. The standard InChI is InChI=1S/C27H27ClN4O3S/c28-19-10-13-23(29-16-19)31-27(35)25-21(15-22(36-25)17-5-2-1-3-6-17)30-26(34)18-8-11-20(12-9-18)32-14-4-7-24(32)33/h1-3,5-6,10,13,15-16,18,20H,4,7-9,11-12,14H2,(H,30,34)(H,29,31,35). The molecule has 2 fully saturated rings. The topological polar surface area (TPSA) is 91.4 Å². The van der Waals surface area contributed by atoms with Gasteiger partial charge < -0.3 is 15.5 Å². The summed E-state index contributed by atoms with van der Waals surface area (Å²) in [7, 11) is 0. The van der Waals surface area contributed by atoms with Crippen LogP contribution >= 0.6 is 22.9 Å². The number of nitrogens with zero attached hydrogens (tertiary/aromatic N) is 2. The number of hydrogen-bond acceptors (Lipinski definition) is 5. The number of aromatic nitrogens is 1. The zero-order valence-electron chi connectivity index (χ0n) is 19.7. The summed E-state index contributed by atoms with van der Waals surface area (Å²) < 4.78 is 0. The van der Waals surface area contributed by atoms with Crippen molar-refractivity contribution >= 4 is 52.2 Å². The molecule has 2 N–H and O–H groups in total. The van der Waals surface area contributed by atoms with Crippen molar-refractivity contribution < 1.29 is 14.4 Å². The summed E-state index contributed by atoms with van der Waals surface area (Å²) >= 11 is 7.23. The molecular weight excluding hydrogens is 496 g/mol. The number of amides is 3. The molecule has 36 heavy (non-hydrogen) atoms. The maximum Gasteiger partial charge on any atom is 0.269 e. The minimum absolute atomic E-state index is 0.0859. The van der Waals surface area contributed by atoms with E-state index in [1.807, 2.05) is 41.3 Å². The van der Waals surface area contributed by atoms with Gasteiger partial charge in [-0.15, -0.1) is 11.3 Å². The quantitative estimate of drug-likeness (QED) is 0.425. The Hall–Kier alpha value is -3.23. The number of likely N-dealkylation sites (tertiary alicyclic amines) is 1. The van der Waals surface area contributed by atoms with Crippen molar-refractivity contribution in [2.24, 2.45) is 5.92 Å². The number of carbonyl (C=O) groups is 3. The van der Waals surface area contributed by atoms with Crippen LogP contribution in [0.3, 0.4) is 0 Å². The maximum atomic E-state index is 13.2. The molecule has 0 radical (unpaired) electrons. The van der Waals surface area contributed by atoms with Crippen molar-refractivity contribution in [2.45, 2.75) is 44.6 Å². The van der Waals surface area contributed by atoms with Gasteiger partial charge in [0.05, 0.1) is 10.7 Å². The largest absolute Gasteiger partial charge is 0.340 e. The SMILES string of the molecule is O=C(Nc1ccc(Cl)cn1)c1sc(-c2ccccc2)cc1NC(=O)C1CCC(N2CCCC2=O)CC1. The second-order valence-electron chi connectivity index (χ2n) is 9.22. The summed E-state index contributed by atoms with van der Waals surface area (Å²) in [6.07, 6.45) is 6.15. The molecule has 7 nitrogen and oxygen atoms in total. The van der Waals surface area contributed by atoms with Crippen molar-refractivity contribution in [2.75, 3.05) is 17.2 Å².